The Morgan fingerprint density at radius 1 is 1.45 bits per heavy atom. The second kappa shape index (κ2) is 3.51. The van der Waals surface area contributed by atoms with Gasteiger partial charge >= 0.3 is 0 Å². The minimum atomic E-state index is 0.281. The summed E-state index contributed by atoms with van der Waals surface area (Å²) in [5.74, 6) is 0.281. The number of hydrogen-bond acceptors (Lipinski definition) is 1. The normalized spacial score (nSPS) is 17.6. The molecule has 1 nitrogen and oxygen atoms in total. The van der Waals surface area contributed by atoms with Gasteiger partial charge in [0.05, 0.1) is 0 Å². The molecule has 0 bridgehead atoms. The molecule has 0 atom stereocenters. The van der Waals surface area contributed by atoms with Crippen LogP contribution in [-0.4, -0.2) is 5.78 Å². The summed E-state index contributed by atoms with van der Waals surface area (Å²) in [6, 6.07) is 0. The van der Waals surface area contributed by atoms with E-state index in [9.17, 15) is 4.79 Å². The molecule has 0 fully saturated rings. The van der Waals surface area contributed by atoms with Crippen LogP contribution >= 0.6 is 0 Å². The molecule has 0 aliphatic heterocycles. The molecule has 0 aromatic carbocycles. The lowest BCUT2D eigenvalue weighted by Crippen LogP contribution is -2.01. The Kier molecular flexibility index (Phi) is 2.64. The van der Waals surface area contributed by atoms with Gasteiger partial charge < -0.3 is 0 Å². The Hall–Kier alpha value is -0.850. The van der Waals surface area contributed by atoms with Crippen LogP contribution in [0.3, 0.4) is 0 Å². The highest BCUT2D eigenvalue weighted by Gasteiger charge is 2.06. The van der Waals surface area contributed by atoms with Crippen LogP contribution in [0.4, 0.5) is 0 Å². The second-order valence-electron chi connectivity index (χ2n) is 3.26. The maximum atomic E-state index is 10.9. The zero-order valence-electron chi connectivity index (χ0n) is 7.18. The van der Waals surface area contributed by atoms with E-state index in [0.717, 1.165) is 19.3 Å². The molecule has 0 spiro atoms. The van der Waals surface area contributed by atoms with E-state index in [1.807, 2.05) is 0 Å². The summed E-state index contributed by atoms with van der Waals surface area (Å²) in [7, 11) is 0. The van der Waals surface area contributed by atoms with Gasteiger partial charge in [0.25, 0.3) is 0 Å². The third kappa shape index (κ3) is 2.71. The maximum absolute atomic E-state index is 10.9. The summed E-state index contributed by atoms with van der Waals surface area (Å²) >= 11 is 0. The topological polar surface area (TPSA) is 17.1 Å². The first-order valence-corrected chi connectivity index (χ1v) is 4.07. The van der Waals surface area contributed by atoms with Gasteiger partial charge in [-0.05, 0) is 38.3 Å². The molecule has 1 heteroatoms. The van der Waals surface area contributed by atoms with E-state index in [2.05, 4.69) is 19.9 Å². The first-order chi connectivity index (χ1) is 5.18. The van der Waals surface area contributed by atoms with Crippen molar-refractivity contribution in [3.8, 4) is 0 Å². The zero-order chi connectivity index (χ0) is 8.27. The number of rotatable bonds is 1. The third-order valence-electron chi connectivity index (χ3n) is 1.71. The van der Waals surface area contributed by atoms with Crippen LogP contribution in [0.15, 0.2) is 23.3 Å². The standard InChI is InChI=1S/C10H14O/c1-8(2)6-9-4-3-5-10(11)7-9/h6-7H,3-5H2,1-2H3. The maximum Gasteiger partial charge on any atom is 0.155 e. The quantitative estimate of drug-likeness (QED) is 0.561. The molecular weight excluding hydrogens is 136 g/mol. The molecule has 60 valence electrons. The van der Waals surface area contributed by atoms with Crippen LogP contribution in [0.5, 0.6) is 0 Å². The van der Waals surface area contributed by atoms with Gasteiger partial charge in [0.15, 0.2) is 5.78 Å². The van der Waals surface area contributed by atoms with E-state index >= 15 is 0 Å². The molecule has 0 N–H and O–H groups in total. The van der Waals surface area contributed by atoms with Crippen molar-refractivity contribution in [2.75, 3.05) is 0 Å². The number of carbonyl (C=O) groups excluding carboxylic acids is 1. The summed E-state index contributed by atoms with van der Waals surface area (Å²) in [5.41, 5.74) is 2.46. The largest absolute Gasteiger partial charge is 0.295 e. The van der Waals surface area contributed by atoms with Crippen LogP contribution in [0.1, 0.15) is 33.1 Å². The lowest BCUT2D eigenvalue weighted by Gasteiger charge is -2.07. The smallest absolute Gasteiger partial charge is 0.155 e. The van der Waals surface area contributed by atoms with Gasteiger partial charge in [0.1, 0.15) is 0 Å². The molecule has 11 heavy (non-hydrogen) atoms. The van der Waals surface area contributed by atoms with Crippen LogP contribution in [0.2, 0.25) is 0 Å². The average Bonchev–Trinajstić information content (AvgIpc) is 1.85. The Balaban J connectivity index is 2.72. The second-order valence-corrected chi connectivity index (χ2v) is 3.26. The van der Waals surface area contributed by atoms with Gasteiger partial charge in [0.2, 0.25) is 0 Å². The minimum Gasteiger partial charge on any atom is -0.295 e. The zero-order valence-corrected chi connectivity index (χ0v) is 7.18. The van der Waals surface area contributed by atoms with Crippen molar-refractivity contribution >= 4 is 5.78 Å². The van der Waals surface area contributed by atoms with E-state index in [1.165, 1.54) is 11.1 Å². The molecule has 0 heterocycles. The fourth-order valence-electron chi connectivity index (χ4n) is 1.30. The van der Waals surface area contributed by atoms with Gasteiger partial charge in [-0.25, -0.2) is 0 Å². The third-order valence-corrected chi connectivity index (χ3v) is 1.71. The lowest BCUT2D eigenvalue weighted by atomic mass is 9.97. The van der Waals surface area contributed by atoms with Crippen molar-refractivity contribution < 1.29 is 4.79 Å². The summed E-state index contributed by atoms with van der Waals surface area (Å²) in [6.07, 6.45) is 6.69. The molecule has 1 aliphatic rings. The van der Waals surface area contributed by atoms with Crippen molar-refractivity contribution in [1.82, 2.24) is 0 Å². The highest BCUT2D eigenvalue weighted by Crippen LogP contribution is 2.17. The van der Waals surface area contributed by atoms with E-state index in [1.54, 1.807) is 6.08 Å². The summed E-state index contributed by atoms with van der Waals surface area (Å²) in [4.78, 5) is 10.9. The SMILES string of the molecule is CC(C)=CC1=CC(=O)CCC1. The van der Waals surface area contributed by atoms with E-state index < -0.39 is 0 Å². The average molecular weight is 150 g/mol. The molecule has 1 aliphatic carbocycles. The molecule has 0 aromatic rings. The molecular formula is C10H14O. The first kappa shape index (κ1) is 8.25. The minimum absolute atomic E-state index is 0.281. The monoisotopic (exact) mass is 150 g/mol. The number of allylic oxidation sites excluding steroid dienone is 4. The summed E-state index contributed by atoms with van der Waals surface area (Å²) < 4.78 is 0. The van der Waals surface area contributed by atoms with Gasteiger partial charge in [-0.3, -0.25) is 4.79 Å². The number of carbonyl (C=O) groups is 1. The fraction of sp³-hybridized carbons (Fsp3) is 0.500. The molecule has 0 aromatic heterocycles. The number of ketones is 1. The van der Waals surface area contributed by atoms with Gasteiger partial charge in [-0.15, -0.1) is 0 Å². The highest BCUT2D eigenvalue weighted by molar-refractivity contribution is 5.91. The summed E-state index contributed by atoms with van der Waals surface area (Å²) in [6.45, 7) is 4.11. The van der Waals surface area contributed by atoms with Crippen molar-refractivity contribution in [2.45, 2.75) is 33.1 Å². The van der Waals surface area contributed by atoms with E-state index in [0.29, 0.717) is 0 Å². The van der Waals surface area contributed by atoms with Gasteiger partial charge in [-0.2, -0.15) is 0 Å². The molecule has 0 radical (unpaired) electrons. The predicted octanol–water partition coefficient (Wildman–Crippen LogP) is 2.63. The van der Waals surface area contributed by atoms with Crippen molar-refractivity contribution in [2.24, 2.45) is 0 Å². The molecule has 0 saturated heterocycles. The first-order valence-electron chi connectivity index (χ1n) is 4.07. The Morgan fingerprint density at radius 2 is 2.18 bits per heavy atom. The van der Waals surface area contributed by atoms with Crippen LogP contribution in [-0.2, 0) is 4.79 Å². The Bertz CT molecular complexity index is 217. The predicted molar refractivity (Wildman–Crippen MR) is 46.4 cm³/mol. The molecule has 0 unspecified atom stereocenters. The summed E-state index contributed by atoms with van der Waals surface area (Å²) in [5, 5.41) is 0. The number of hydrogen-bond donors (Lipinski definition) is 0. The Morgan fingerprint density at radius 3 is 2.73 bits per heavy atom. The van der Waals surface area contributed by atoms with Crippen LogP contribution < -0.4 is 0 Å². The van der Waals surface area contributed by atoms with E-state index in [-0.39, 0.29) is 5.78 Å². The van der Waals surface area contributed by atoms with Crippen molar-refractivity contribution in [3.05, 3.63) is 23.3 Å². The van der Waals surface area contributed by atoms with Crippen molar-refractivity contribution in [3.63, 3.8) is 0 Å². The molecule has 0 saturated carbocycles. The molecule has 1 rings (SSSR count). The Labute approximate surface area is 67.8 Å². The highest BCUT2D eigenvalue weighted by atomic mass is 16.1. The fourth-order valence-corrected chi connectivity index (χ4v) is 1.30. The van der Waals surface area contributed by atoms with E-state index in [4.69, 9.17) is 0 Å². The van der Waals surface area contributed by atoms with Crippen molar-refractivity contribution in [1.29, 1.82) is 0 Å². The van der Waals surface area contributed by atoms with Crippen LogP contribution in [0, 0.1) is 0 Å². The van der Waals surface area contributed by atoms with Gasteiger partial charge in [-0.1, -0.05) is 11.6 Å². The lowest BCUT2D eigenvalue weighted by molar-refractivity contribution is -0.115. The van der Waals surface area contributed by atoms with Gasteiger partial charge in [0, 0.05) is 6.42 Å². The van der Waals surface area contributed by atoms with Crippen LogP contribution in [0.25, 0.3) is 0 Å². The molecule has 0 amide bonds.